The van der Waals surface area contributed by atoms with Gasteiger partial charge in [-0.15, -0.1) is 0 Å². The molecule has 1 N–H and O–H groups in total. The molecule has 0 radical (unpaired) electrons. The van der Waals surface area contributed by atoms with Crippen molar-refractivity contribution in [1.82, 2.24) is 0 Å². The number of rotatable bonds is 23. The van der Waals surface area contributed by atoms with Crippen LogP contribution in [0.5, 0.6) is 0 Å². The SMILES string of the molecule is CCCCCCCCCCCCCC(C)CCC(CC(CCC)CCCC)C(=O)O. The standard InChI is InChI=1S/C28H56O2/c1-5-8-10-11-12-13-14-15-16-17-18-20-25(4)22-23-27(28(29)30)24-26(19-7-3)21-9-6-2/h25-27H,5-24H2,1-4H3,(H,29,30). The fraction of sp³-hybridized carbons (Fsp3) is 0.964. The number of carbonyl (C=O) groups is 1. The molecule has 2 heteroatoms. The predicted molar refractivity (Wildman–Crippen MR) is 133 cm³/mol. The normalized spacial score (nSPS) is 14.5. The average Bonchev–Trinajstić information content (AvgIpc) is 2.72. The molecule has 30 heavy (non-hydrogen) atoms. The van der Waals surface area contributed by atoms with E-state index in [9.17, 15) is 9.90 Å². The Labute approximate surface area is 190 Å². The number of hydrogen-bond donors (Lipinski definition) is 1. The van der Waals surface area contributed by atoms with Crippen LogP contribution in [0.1, 0.15) is 156 Å². The Morgan fingerprint density at radius 1 is 0.600 bits per heavy atom. The third-order valence-electron chi connectivity index (χ3n) is 6.94. The zero-order valence-corrected chi connectivity index (χ0v) is 21.2. The van der Waals surface area contributed by atoms with E-state index in [-0.39, 0.29) is 5.92 Å². The van der Waals surface area contributed by atoms with E-state index >= 15 is 0 Å². The number of hydrogen-bond acceptors (Lipinski definition) is 1. The summed E-state index contributed by atoms with van der Waals surface area (Å²) < 4.78 is 0. The lowest BCUT2D eigenvalue weighted by Gasteiger charge is -2.22. The molecule has 0 spiro atoms. The van der Waals surface area contributed by atoms with E-state index in [4.69, 9.17) is 0 Å². The highest BCUT2D eigenvalue weighted by molar-refractivity contribution is 5.69. The number of carboxylic acid groups (broad SMARTS) is 1. The summed E-state index contributed by atoms with van der Waals surface area (Å²) in [4.78, 5) is 11.8. The highest BCUT2D eigenvalue weighted by Crippen LogP contribution is 2.28. The largest absolute Gasteiger partial charge is 0.481 e. The minimum atomic E-state index is -0.561. The van der Waals surface area contributed by atoms with E-state index < -0.39 is 5.97 Å². The summed E-state index contributed by atoms with van der Waals surface area (Å²) in [5.41, 5.74) is 0. The molecule has 0 fully saturated rings. The van der Waals surface area contributed by atoms with Gasteiger partial charge in [0.05, 0.1) is 5.92 Å². The van der Waals surface area contributed by atoms with E-state index in [2.05, 4.69) is 27.7 Å². The van der Waals surface area contributed by atoms with Crippen LogP contribution in [-0.2, 0) is 4.79 Å². The second kappa shape index (κ2) is 21.7. The van der Waals surface area contributed by atoms with Crippen molar-refractivity contribution in [3.05, 3.63) is 0 Å². The Balaban J connectivity index is 3.84. The van der Waals surface area contributed by atoms with E-state index in [1.807, 2.05) is 0 Å². The average molecular weight is 425 g/mol. The molecule has 0 heterocycles. The van der Waals surface area contributed by atoms with Crippen LogP contribution in [0.15, 0.2) is 0 Å². The molecular weight excluding hydrogens is 368 g/mol. The van der Waals surface area contributed by atoms with Crippen molar-refractivity contribution in [2.45, 2.75) is 156 Å². The molecule has 0 rings (SSSR count). The maximum atomic E-state index is 11.8. The van der Waals surface area contributed by atoms with Crippen LogP contribution >= 0.6 is 0 Å². The van der Waals surface area contributed by atoms with Gasteiger partial charge < -0.3 is 5.11 Å². The van der Waals surface area contributed by atoms with Crippen LogP contribution < -0.4 is 0 Å². The summed E-state index contributed by atoms with van der Waals surface area (Å²) in [6, 6.07) is 0. The molecule has 180 valence electrons. The first-order valence-corrected chi connectivity index (χ1v) is 13.8. The lowest BCUT2D eigenvalue weighted by atomic mass is 9.83. The first-order chi connectivity index (χ1) is 14.5. The van der Waals surface area contributed by atoms with Crippen molar-refractivity contribution in [1.29, 1.82) is 0 Å². The Bertz CT molecular complexity index is 366. The van der Waals surface area contributed by atoms with Crippen LogP contribution in [0.4, 0.5) is 0 Å². The topological polar surface area (TPSA) is 37.3 Å². The number of aliphatic carboxylic acids is 1. The van der Waals surface area contributed by atoms with Crippen molar-refractivity contribution in [3.8, 4) is 0 Å². The molecule has 2 nitrogen and oxygen atoms in total. The fourth-order valence-electron chi connectivity index (χ4n) is 4.81. The van der Waals surface area contributed by atoms with Crippen LogP contribution in [0, 0.1) is 17.8 Å². The molecule has 3 atom stereocenters. The molecule has 0 saturated carbocycles. The van der Waals surface area contributed by atoms with Crippen LogP contribution in [-0.4, -0.2) is 11.1 Å². The van der Waals surface area contributed by atoms with Crippen molar-refractivity contribution >= 4 is 5.97 Å². The maximum Gasteiger partial charge on any atom is 0.306 e. The van der Waals surface area contributed by atoms with E-state index in [0.717, 1.165) is 19.3 Å². The van der Waals surface area contributed by atoms with Crippen molar-refractivity contribution < 1.29 is 9.90 Å². The molecule has 3 unspecified atom stereocenters. The Morgan fingerprint density at radius 2 is 1.13 bits per heavy atom. The lowest BCUT2D eigenvalue weighted by Crippen LogP contribution is -2.19. The zero-order valence-electron chi connectivity index (χ0n) is 21.2. The Morgan fingerprint density at radius 3 is 1.63 bits per heavy atom. The zero-order chi connectivity index (χ0) is 22.5. The molecule has 0 aromatic rings. The highest BCUT2D eigenvalue weighted by Gasteiger charge is 2.22. The molecular formula is C28H56O2. The fourth-order valence-corrected chi connectivity index (χ4v) is 4.81. The van der Waals surface area contributed by atoms with Gasteiger partial charge in [-0.25, -0.2) is 0 Å². The number of carboxylic acids is 1. The van der Waals surface area contributed by atoms with Crippen molar-refractivity contribution in [2.75, 3.05) is 0 Å². The minimum Gasteiger partial charge on any atom is -0.481 e. The Kier molecular flexibility index (Phi) is 21.3. The third kappa shape index (κ3) is 18.3. The van der Waals surface area contributed by atoms with Gasteiger partial charge in [0.25, 0.3) is 0 Å². The van der Waals surface area contributed by atoms with Gasteiger partial charge in [0.1, 0.15) is 0 Å². The lowest BCUT2D eigenvalue weighted by molar-refractivity contribution is -0.142. The molecule has 0 aromatic heterocycles. The summed E-state index contributed by atoms with van der Waals surface area (Å²) in [6.45, 7) is 9.07. The first kappa shape index (κ1) is 29.5. The Hall–Kier alpha value is -0.530. The van der Waals surface area contributed by atoms with Gasteiger partial charge in [-0.3, -0.25) is 4.79 Å². The minimum absolute atomic E-state index is 0.127. The van der Waals surface area contributed by atoms with E-state index in [1.165, 1.54) is 109 Å². The van der Waals surface area contributed by atoms with Crippen molar-refractivity contribution in [2.24, 2.45) is 17.8 Å². The van der Waals surface area contributed by atoms with E-state index in [1.54, 1.807) is 0 Å². The van der Waals surface area contributed by atoms with Gasteiger partial charge in [0, 0.05) is 0 Å². The van der Waals surface area contributed by atoms with E-state index in [0.29, 0.717) is 11.8 Å². The smallest absolute Gasteiger partial charge is 0.306 e. The monoisotopic (exact) mass is 424 g/mol. The third-order valence-corrected chi connectivity index (χ3v) is 6.94. The van der Waals surface area contributed by atoms with Crippen LogP contribution in [0.3, 0.4) is 0 Å². The highest BCUT2D eigenvalue weighted by atomic mass is 16.4. The molecule has 0 saturated heterocycles. The van der Waals surface area contributed by atoms with Crippen LogP contribution in [0.2, 0.25) is 0 Å². The molecule has 0 aliphatic rings. The molecule has 0 amide bonds. The summed E-state index contributed by atoms with van der Waals surface area (Å²) in [7, 11) is 0. The molecule has 0 aromatic carbocycles. The second-order valence-electron chi connectivity index (χ2n) is 10.1. The van der Waals surface area contributed by atoms with Gasteiger partial charge in [0.2, 0.25) is 0 Å². The second-order valence-corrected chi connectivity index (χ2v) is 10.1. The molecule has 0 bridgehead atoms. The molecule has 0 aliphatic heterocycles. The van der Waals surface area contributed by atoms with Gasteiger partial charge in [-0.2, -0.15) is 0 Å². The maximum absolute atomic E-state index is 11.8. The molecule has 0 aliphatic carbocycles. The summed E-state index contributed by atoms with van der Waals surface area (Å²) in [6.07, 6.45) is 25.5. The first-order valence-electron chi connectivity index (χ1n) is 13.8. The van der Waals surface area contributed by atoms with Gasteiger partial charge >= 0.3 is 5.97 Å². The van der Waals surface area contributed by atoms with Crippen molar-refractivity contribution in [3.63, 3.8) is 0 Å². The van der Waals surface area contributed by atoms with Crippen LogP contribution in [0.25, 0.3) is 0 Å². The van der Waals surface area contributed by atoms with Gasteiger partial charge in [0.15, 0.2) is 0 Å². The van der Waals surface area contributed by atoms with Gasteiger partial charge in [-0.1, -0.05) is 137 Å². The summed E-state index contributed by atoms with van der Waals surface area (Å²) in [5, 5.41) is 9.71. The number of unbranched alkanes of at least 4 members (excludes halogenated alkanes) is 11. The quantitative estimate of drug-likeness (QED) is 0.166. The summed E-state index contributed by atoms with van der Waals surface area (Å²) >= 11 is 0. The summed E-state index contributed by atoms with van der Waals surface area (Å²) in [5.74, 6) is 0.594. The predicted octanol–water partition coefficient (Wildman–Crippen LogP) is 9.80. The van der Waals surface area contributed by atoms with Gasteiger partial charge in [-0.05, 0) is 31.1 Å².